The second-order valence-electron chi connectivity index (χ2n) is 3.22. The van der Waals surface area contributed by atoms with Gasteiger partial charge in [-0.05, 0) is 35.8 Å². The van der Waals surface area contributed by atoms with Crippen LogP contribution in [-0.2, 0) is 0 Å². The van der Waals surface area contributed by atoms with Gasteiger partial charge in [0.1, 0.15) is 5.75 Å². The van der Waals surface area contributed by atoms with Gasteiger partial charge in [0.05, 0.1) is 11.0 Å². The Morgan fingerprint density at radius 3 is 2.64 bits per heavy atom. The summed E-state index contributed by atoms with van der Waals surface area (Å²) in [6.45, 7) is 3.62. The molecule has 0 aliphatic carbocycles. The predicted molar refractivity (Wildman–Crippen MR) is 56.7 cm³/mol. The minimum absolute atomic E-state index is 0.0271. The molecule has 0 atom stereocenters. The molecular formula is C9H10BrNO3. The number of nitrogens with zero attached hydrogens (tertiary/aromatic N) is 1. The van der Waals surface area contributed by atoms with Gasteiger partial charge in [0.15, 0.2) is 4.51 Å². The molecule has 0 fully saturated rings. The lowest BCUT2D eigenvalue weighted by Crippen LogP contribution is -2.18. The predicted octanol–water partition coefficient (Wildman–Crippen LogP) is 3.10. The Labute approximate surface area is 90.2 Å². The van der Waals surface area contributed by atoms with Gasteiger partial charge < -0.3 is 4.74 Å². The first-order valence-electron chi connectivity index (χ1n) is 4.01. The van der Waals surface area contributed by atoms with Gasteiger partial charge >= 0.3 is 0 Å². The summed E-state index contributed by atoms with van der Waals surface area (Å²) in [5, 5.41) is 10.5. The molecule has 4 nitrogen and oxygen atoms in total. The Bertz CT molecular complexity index is 346. The molecular weight excluding hydrogens is 250 g/mol. The van der Waals surface area contributed by atoms with Gasteiger partial charge in [-0.3, -0.25) is 10.1 Å². The minimum atomic E-state index is -0.526. The van der Waals surface area contributed by atoms with Crippen molar-refractivity contribution < 1.29 is 9.66 Å². The first-order chi connectivity index (χ1) is 6.38. The molecule has 0 amide bonds. The molecule has 1 aromatic rings. The number of halogens is 1. The van der Waals surface area contributed by atoms with Gasteiger partial charge in [-0.15, -0.1) is 0 Å². The van der Waals surface area contributed by atoms with E-state index in [0.29, 0.717) is 5.75 Å². The molecule has 0 saturated heterocycles. The van der Waals surface area contributed by atoms with Crippen LogP contribution < -0.4 is 4.74 Å². The summed E-state index contributed by atoms with van der Waals surface area (Å²) >= 11 is 3.28. The maximum atomic E-state index is 10.5. The SMILES string of the molecule is CC(C)(Br)Oc1cccc([N+](=O)[O-])c1. The van der Waals surface area contributed by atoms with Crippen LogP contribution >= 0.6 is 15.9 Å². The van der Waals surface area contributed by atoms with E-state index in [1.165, 1.54) is 12.1 Å². The van der Waals surface area contributed by atoms with Crippen molar-refractivity contribution in [2.24, 2.45) is 0 Å². The molecule has 76 valence electrons. The third-order valence-electron chi connectivity index (χ3n) is 1.39. The maximum Gasteiger partial charge on any atom is 0.273 e. The van der Waals surface area contributed by atoms with Crippen LogP contribution in [0.25, 0.3) is 0 Å². The average molecular weight is 260 g/mol. The van der Waals surface area contributed by atoms with E-state index in [2.05, 4.69) is 15.9 Å². The van der Waals surface area contributed by atoms with E-state index in [1.54, 1.807) is 12.1 Å². The Morgan fingerprint density at radius 2 is 2.14 bits per heavy atom. The van der Waals surface area contributed by atoms with Crippen molar-refractivity contribution >= 4 is 21.6 Å². The number of hydrogen-bond donors (Lipinski definition) is 0. The lowest BCUT2D eigenvalue weighted by atomic mass is 10.3. The zero-order valence-electron chi connectivity index (χ0n) is 7.86. The number of benzene rings is 1. The molecule has 5 heteroatoms. The van der Waals surface area contributed by atoms with Crippen molar-refractivity contribution in [1.82, 2.24) is 0 Å². The van der Waals surface area contributed by atoms with Crippen molar-refractivity contribution in [3.63, 3.8) is 0 Å². The summed E-state index contributed by atoms with van der Waals surface area (Å²) in [4.78, 5) is 10.0. The standard InChI is InChI=1S/C9H10BrNO3/c1-9(2,10)14-8-5-3-4-7(6-8)11(12)13/h3-6H,1-2H3. The highest BCUT2D eigenvalue weighted by Gasteiger charge is 2.15. The topological polar surface area (TPSA) is 52.4 Å². The quantitative estimate of drug-likeness (QED) is 0.476. The van der Waals surface area contributed by atoms with Crippen LogP contribution in [0.4, 0.5) is 5.69 Å². The van der Waals surface area contributed by atoms with E-state index in [9.17, 15) is 10.1 Å². The molecule has 0 saturated carbocycles. The monoisotopic (exact) mass is 259 g/mol. The zero-order chi connectivity index (χ0) is 10.8. The minimum Gasteiger partial charge on any atom is -0.476 e. The van der Waals surface area contributed by atoms with Crippen molar-refractivity contribution in [2.75, 3.05) is 0 Å². The molecule has 0 aliphatic rings. The van der Waals surface area contributed by atoms with Crippen molar-refractivity contribution in [3.8, 4) is 5.75 Å². The first kappa shape index (κ1) is 11.0. The second-order valence-corrected chi connectivity index (χ2v) is 5.13. The second kappa shape index (κ2) is 3.96. The van der Waals surface area contributed by atoms with E-state index >= 15 is 0 Å². The molecule has 0 spiro atoms. The first-order valence-corrected chi connectivity index (χ1v) is 4.80. The summed E-state index contributed by atoms with van der Waals surface area (Å²) in [6.07, 6.45) is 0. The fraction of sp³-hybridized carbons (Fsp3) is 0.333. The van der Waals surface area contributed by atoms with Crippen LogP contribution in [0.3, 0.4) is 0 Å². The van der Waals surface area contributed by atoms with Crippen LogP contribution in [0.2, 0.25) is 0 Å². The van der Waals surface area contributed by atoms with E-state index in [1.807, 2.05) is 13.8 Å². The Balaban J connectivity index is 2.89. The van der Waals surface area contributed by atoms with Crippen molar-refractivity contribution in [3.05, 3.63) is 34.4 Å². The van der Waals surface area contributed by atoms with Gasteiger partial charge in [-0.2, -0.15) is 0 Å². The van der Waals surface area contributed by atoms with E-state index in [-0.39, 0.29) is 5.69 Å². The van der Waals surface area contributed by atoms with Gasteiger partial charge in [-0.1, -0.05) is 6.07 Å². The molecule has 0 N–H and O–H groups in total. The summed E-state index contributed by atoms with van der Waals surface area (Å²) in [5.41, 5.74) is 0.0271. The third-order valence-corrected chi connectivity index (χ3v) is 1.55. The van der Waals surface area contributed by atoms with Crippen molar-refractivity contribution in [2.45, 2.75) is 18.4 Å². The molecule has 0 aliphatic heterocycles. The largest absolute Gasteiger partial charge is 0.476 e. The number of ether oxygens (including phenoxy) is 1. The summed E-state index contributed by atoms with van der Waals surface area (Å²) in [5.74, 6) is 0.473. The Morgan fingerprint density at radius 1 is 1.50 bits per heavy atom. The zero-order valence-corrected chi connectivity index (χ0v) is 9.45. The van der Waals surface area contributed by atoms with Crippen LogP contribution in [0.15, 0.2) is 24.3 Å². The highest BCUT2D eigenvalue weighted by molar-refractivity contribution is 9.10. The van der Waals surface area contributed by atoms with E-state index < -0.39 is 9.43 Å². The highest BCUT2D eigenvalue weighted by atomic mass is 79.9. The van der Waals surface area contributed by atoms with Crippen LogP contribution in [0.5, 0.6) is 5.75 Å². The number of non-ortho nitro benzene ring substituents is 1. The fourth-order valence-corrected chi connectivity index (χ4v) is 1.13. The van der Waals surface area contributed by atoms with E-state index in [4.69, 9.17) is 4.74 Å². The summed E-state index contributed by atoms with van der Waals surface area (Å²) in [6, 6.07) is 6.08. The lowest BCUT2D eigenvalue weighted by Gasteiger charge is -2.18. The fourth-order valence-electron chi connectivity index (χ4n) is 0.941. The van der Waals surface area contributed by atoms with E-state index in [0.717, 1.165) is 0 Å². The number of nitro benzene ring substituents is 1. The molecule has 0 bridgehead atoms. The smallest absolute Gasteiger partial charge is 0.273 e. The lowest BCUT2D eigenvalue weighted by molar-refractivity contribution is -0.384. The summed E-state index contributed by atoms with van der Waals surface area (Å²) < 4.78 is 4.88. The molecule has 1 rings (SSSR count). The van der Waals surface area contributed by atoms with Crippen LogP contribution in [-0.4, -0.2) is 9.43 Å². The number of hydrogen-bond acceptors (Lipinski definition) is 3. The highest BCUT2D eigenvalue weighted by Crippen LogP contribution is 2.25. The molecule has 0 unspecified atom stereocenters. The molecule has 0 heterocycles. The third kappa shape index (κ3) is 3.33. The normalized spacial score (nSPS) is 11.1. The summed E-state index contributed by atoms with van der Waals surface area (Å²) in [7, 11) is 0. The number of rotatable bonds is 3. The van der Waals surface area contributed by atoms with Gasteiger partial charge in [0.25, 0.3) is 5.69 Å². The number of alkyl halides is 1. The average Bonchev–Trinajstić information content (AvgIpc) is 2.01. The molecule has 0 aromatic heterocycles. The van der Waals surface area contributed by atoms with Gasteiger partial charge in [-0.25, -0.2) is 0 Å². The van der Waals surface area contributed by atoms with Gasteiger partial charge in [0.2, 0.25) is 0 Å². The maximum absolute atomic E-state index is 10.5. The van der Waals surface area contributed by atoms with Gasteiger partial charge in [0, 0.05) is 6.07 Å². The Hall–Kier alpha value is -1.10. The Kier molecular flexibility index (Phi) is 3.10. The van der Waals surface area contributed by atoms with Crippen LogP contribution in [0, 0.1) is 10.1 Å². The van der Waals surface area contributed by atoms with Crippen molar-refractivity contribution in [1.29, 1.82) is 0 Å². The molecule has 0 radical (unpaired) electrons. The molecule has 14 heavy (non-hydrogen) atoms. The molecule has 1 aromatic carbocycles. The number of nitro groups is 1. The van der Waals surface area contributed by atoms with Crippen LogP contribution in [0.1, 0.15) is 13.8 Å².